The van der Waals surface area contributed by atoms with Crippen LogP contribution < -0.4 is 15.7 Å². The van der Waals surface area contributed by atoms with Crippen molar-refractivity contribution in [1.29, 1.82) is 0 Å². The normalized spacial score (nSPS) is 19.4. The predicted octanol–water partition coefficient (Wildman–Crippen LogP) is 1.66. The summed E-state index contributed by atoms with van der Waals surface area (Å²) in [5.41, 5.74) is -0.417. The number of likely N-dealkylation sites (tertiary alicyclic amines) is 1. The Balaban J connectivity index is 1.46. The molecule has 1 aromatic heterocycles. The van der Waals surface area contributed by atoms with E-state index in [0.717, 1.165) is 12.8 Å². The highest BCUT2D eigenvalue weighted by Gasteiger charge is 2.33. The van der Waals surface area contributed by atoms with Gasteiger partial charge in [0.1, 0.15) is 17.6 Å². The highest BCUT2D eigenvalue weighted by molar-refractivity contribution is 5.75. The minimum atomic E-state index is -0.417. The van der Waals surface area contributed by atoms with Crippen LogP contribution in [0.25, 0.3) is 0 Å². The number of nitrogens with zero attached hydrogens (tertiary/aromatic N) is 1. The number of ether oxygens (including phenoxy) is 1. The number of carbonyl (C=O) groups is 1. The van der Waals surface area contributed by atoms with Gasteiger partial charge in [-0.05, 0) is 19.8 Å². The molecule has 114 valence electrons. The quantitative estimate of drug-likeness (QED) is 0.919. The SMILES string of the molecule is Cc1cc(OC2CN(C(=O)NC3CCCC3)C2)cc(=O)o1. The number of nitrogens with one attached hydrogen (secondary N) is 1. The number of hydrogen-bond acceptors (Lipinski definition) is 4. The Labute approximate surface area is 123 Å². The summed E-state index contributed by atoms with van der Waals surface area (Å²) in [4.78, 5) is 25.0. The third kappa shape index (κ3) is 3.37. The van der Waals surface area contributed by atoms with Crippen LogP contribution in [0.15, 0.2) is 21.3 Å². The first-order valence-electron chi connectivity index (χ1n) is 7.44. The molecule has 1 saturated heterocycles. The second kappa shape index (κ2) is 5.79. The topological polar surface area (TPSA) is 71.8 Å². The van der Waals surface area contributed by atoms with Gasteiger partial charge in [-0.3, -0.25) is 0 Å². The molecule has 2 amide bonds. The van der Waals surface area contributed by atoms with Crippen LogP contribution in [0, 0.1) is 6.92 Å². The maximum absolute atomic E-state index is 12.0. The van der Waals surface area contributed by atoms with Crippen molar-refractivity contribution >= 4 is 6.03 Å². The van der Waals surface area contributed by atoms with Crippen molar-refractivity contribution in [3.05, 3.63) is 28.3 Å². The van der Waals surface area contributed by atoms with E-state index < -0.39 is 5.63 Å². The maximum atomic E-state index is 12.0. The summed E-state index contributed by atoms with van der Waals surface area (Å²) in [7, 11) is 0. The highest BCUT2D eigenvalue weighted by Crippen LogP contribution is 2.20. The second-order valence-corrected chi connectivity index (χ2v) is 5.80. The Bertz CT molecular complexity index is 571. The molecule has 0 spiro atoms. The van der Waals surface area contributed by atoms with Gasteiger partial charge in [-0.15, -0.1) is 0 Å². The van der Waals surface area contributed by atoms with Gasteiger partial charge in [0, 0.05) is 12.1 Å². The first-order valence-corrected chi connectivity index (χ1v) is 7.44. The number of aryl methyl sites for hydroxylation is 1. The zero-order chi connectivity index (χ0) is 14.8. The Morgan fingerprint density at radius 1 is 1.33 bits per heavy atom. The fraction of sp³-hybridized carbons (Fsp3) is 0.600. The van der Waals surface area contributed by atoms with Crippen LogP contribution in [0.4, 0.5) is 4.79 Å². The molecular weight excluding hydrogens is 272 g/mol. The molecule has 0 atom stereocenters. The van der Waals surface area contributed by atoms with Gasteiger partial charge in [-0.1, -0.05) is 12.8 Å². The molecule has 6 heteroatoms. The average molecular weight is 292 g/mol. The van der Waals surface area contributed by atoms with Crippen molar-refractivity contribution in [2.45, 2.75) is 44.8 Å². The summed E-state index contributed by atoms with van der Waals surface area (Å²) in [5.74, 6) is 1.03. The molecule has 1 aliphatic carbocycles. The second-order valence-electron chi connectivity index (χ2n) is 5.80. The van der Waals surface area contributed by atoms with Crippen molar-refractivity contribution in [3.63, 3.8) is 0 Å². The standard InChI is InChI=1S/C15H20N2O4/c1-10-6-12(7-14(18)20-10)21-13-8-17(9-13)15(19)16-11-4-2-3-5-11/h6-7,11,13H,2-5,8-9H2,1H3,(H,16,19). The zero-order valence-corrected chi connectivity index (χ0v) is 12.1. The summed E-state index contributed by atoms with van der Waals surface area (Å²) in [6.45, 7) is 2.81. The predicted molar refractivity (Wildman–Crippen MR) is 76.5 cm³/mol. The molecule has 1 aliphatic heterocycles. The molecule has 6 nitrogen and oxygen atoms in total. The van der Waals surface area contributed by atoms with Gasteiger partial charge in [-0.25, -0.2) is 9.59 Å². The lowest BCUT2D eigenvalue weighted by Crippen LogP contribution is -2.59. The van der Waals surface area contributed by atoms with Crippen LogP contribution in [0.2, 0.25) is 0 Å². The molecule has 1 N–H and O–H groups in total. The highest BCUT2D eigenvalue weighted by atomic mass is 16.5. The van der Waals surface area contributed by atoms with Crippen LogP contribution in [0.5, 0.6) is 5.75 Å². The third-order valence-corrected chi connectivity index (χ3v) is 3.99. The Kier molecular flexibility index (Phi) is 3.86. The van der Waals surface area contributed by atoms with Crippen LogP contribution in [-0.4, -0.2) is 36.2 Å². The van der Waals surface area contributed by atoms with Gasteiger partial charge in [0.25, 0.3) is 0 Å². The van der Waals surface area contributed by atoms with Crippen LogP contribution in [0.3, 0.4) is 0 Å². The Morgan fingerprint density at radius 3 is 2.71 bits per heavy atom. The molecule has 2 fully saturated rings. The first kappa shape index (κ1) is 14.0. The molecule has 0 bridgehead atoms. The summed E-state index contributed by atoms with van der Waals surface area (Å²) in [5, 5.41) is 3.05. The average Bonchev–Trinajstić information content (AvgIpc) is 2.84. The zero-order valence-electron chi connectivity index (χ0n) is 12.1. The number of urea groups is 1. The lowest BCUT2D eigenvalue weighted by Gasteiger charge is -2.39. The van der Waals surface area contributed by atoms with Crippen LogP contribution >= 0.6 is 0 Å². The number of amides is 2. The van der Waals surface area contributed by atoms with E-state index in [1.165, 1.54) is 18.9 Å². The summed E-state index contributed by atoms with van der Waals surface area (Å²) in [6.07, 6.45) is 4.51. The smallest absolute Gasteiger partial charge is 0.339 e. The van der Waals surface area contributed by atoms with E-state index in [1.807, 2.05) is 0 Å². The van der Waals surface area contributed by atoms with Crippen molar-refractivity contribution in [3.8, 4) is 5.75 Å². The molecule has 0 aromatic carbocycles. The third-order valence-electron chi connectivity index (χ3n) is 3.99. The summed E-state index contributed by atoms with van der Waals surface area (Å²) in [6, 6.07) is 3.33. The number of carbonyl (C=O) groups excluding carboxylic acids is 1. The molecule has 3 rings (SSSR count). The molecule has 2 aliphatic rings. The van der Waals surface area contributed by atoms with Gasteiger partial charge >= 0.3 is 11.7 Å². The lowest BCUT2D eigenvalue weighted by atomic mass is 10.1. The maximum Gasteiger partial charge on any atom is 0.339 e. The summed E-state index contributed by atoms with van der Waals surface area (Å²) >= 11 is 0. The van der Waals surface area contributed by atoms with E-state index in [4.69, 9.17) is 9.15 Å². The van der Waals surface area contributed by atoms with Gasteiger partial charge in [0.15, 0.2) is 0 Å². The van der Waals surface area contributed by atoms with E-state index in [9.17, 15) is 9.59 Å². The number of rotatable bonds is 3. The van der Waals surface area contributed by atoms with Crippen molar-refractivity contribution in [2.24, 2.45) is 0 Å². The molecular formula is C15H20N2O4. The van der Waals surface area contributed by atoms with Crippen molar-refractivity contribution in [1.82, 2.24) is 10.2 Å². The first-order chi connectivity index (χ1) is 10.1. The van der Waals surface area contributed by atoms with Gasteiger partial charge in [0.2, 0.25) is 0 Å². The molecule has 1 aromatic rings. The van der Waals surface area contributed by atoms with E-state index in [1.54, 1.807) is 17.9 Å². The van der Waals surface area contributed by atoms with Crippen molar-refractivity contribution in [2.75, 3.05) is 13.1 Å². The minimum Gasteiger partial charge on any atom is -0.486 e. The fourth-order valence-corrected chi connectivity index (χ4v) is 2.85. The summed E-state index contributed by atoms with van der Waals surface area (Å²) < 4.78 is 10.6. The van der Waals surface area contributed by atoms with E-state index >= 15 is 0 Å². The molecule has 1 saturated carbocycles. The molecule has 21 heavy (non-hydrogen) atoms. The largest absolute Gasteiger partial charge is 0.486 e. The van der Waals surface area contributed by atoms with E-state index in [0.29, 0.717) is 30.6 Å². The van der Waals surface area contributed by atoms with Gasteiger partial charge < -0.3 is 19.4 Å². The van der Waals surface area contributed by atoms with E-state index in [2.05, 4.69) is 5.32 Å². The van der Waals surface area contributed by atoms with Crippen LogP contribution in [-0.2, 0) is 0 Å². The Hall–Kier alpha value is -1.98. The molecule has 0 unspecified atom stereocenters. The fourth-order valence-electron chi connectivity index (χ4n) is 2.85. The Morgan fingerprint density at radius 2 is 2.05 bits per heavy atom. The van der Waals surface area contributed by atoms with Crippen LogP contribution in [0.1, 0.15) is 31.4 Å². The minimum absolute atomic E-state index is 0.00879. The molecule has 2 heterocycles. The van der Waals surface area contributed by atoms with Gasteiger partial charge in [-0.2, -0.15) is 0 Å². The number of hydrogen-bond donors (Lipinski definition) is 1. The monoisotopic (exact) mass is 292 g/mol. The van der Waals surface area contributed by atoms with E-state index in [-0.39, 0.29) is 12.1 Å². The van der Waals surface area contributed by atoms with Gasteiger partial charge in [0.05, 0.1) is 19.2 Å². The lowest BCUT2D eigenvalue weighted by molar-refractivity contribution is 0.0430. The molecule has 0 radical (unpaired) electrons. The van der Waals surface area contributed by atoms with Crippen molar-refractivity contribution < 1.29 is 13.9 Å².